The summed E-state index contributed by atoms with van der Waals surface area (Å²) in [5, 5.41) is 10.5. The summed E-state index contributed by atoms with van der Waals surface area (Å²) in [4.78, 5) is 15.0. The third-order valence-electron chi connectivity index (χ3n) is 4.21. The second kappa shape index (κ2) is 10.3. The van der Waals surface area contributed by atoms with Gasteiger partial charge in [-0.05, 0) is 24.6 Å². The van der Waals surface area contributed by atoms with E-state index >= 15 is 0 Å². The molecule has 2 aromatic rings. The lowest BCUT2D eigenvalue weighted by Gasteiger charge is -2.26. The van der Waals surface area contributed by atoms with Gasteiger partial charge in [-0.1, -0.05) is 16.7 Å². The SMILES string of the molecule is O=C(COc1ccc(Cl)c(F)c1)N[Si]1CC[C@H](c2nnc(OCCC(F)(F)F)o2)NC1. The number of alkyl halides is 3. The molecule has 1 radical (unpaired) electrons. The molecule has 1 aromatic heterocycles. The van der Waals surface area contributed by atoms with Gasteiger partial charge in [0.1, 0.15) is 18.2 Å². The van der Waals surface area contributed by atoms with E-state index in [0.29, 0.717) is 18.6 Å². The highest BCUT2D eigenvalue weighted by Crippen LogP contribution is 2.25. The van der Waals surface area contributed by atoms with Crippen molar-refractivity contribution in [2.24, 2.45) is 0 Å². The number of rotatable bonds is 8. The molecule has 169 valence electrons. The number of carbonyl (C=O) groups excluding carboxylic acids is 1. The van der Waals surface area contributed by atoms with Crippen LogP contribution in [0.25, 0.3) is 0 Å². The van der Waals surface area contributed by atoms with Crippen LogP contribution in [0.15, 0.2) is 22.6 Å². The van der Waals surface area contributed by atoms with E-state index in [4.69, 9.17) is 25.5 Å². The molecule has 0 spiro atoms. The van der Waals surface area contributed by atoms with Crippen LogP contribution < -0.4 is 19.8 Å². The summed E-state index contributed by atoms with van der Waals surface area (Å²) in [6.07, 6.45) is -4.67. The van der Waals surface area contributed by atoms with Gasteiger partial charge in [0, 0.05) is 12.2 Å². The van der Waals surface area contributed by atoms with Crippen molar-refractivity contribution < 1.29 is 36.2 Å². The Labute approximate surface area is 180 Å². The van der Waals surface area contributed by atoms with Gasteiger partial charge in [-0.3, -0.25) is 4.79 Å². The van der Waals surface area contributed by atoms with Crippen molar-refractivity contribution in [3.8, 4) is 11.8 Å². The van der Waals surface area contributed by atoms with Crippen molar-refractivity contribution in [3.05, 3.63) is 34.9 Å². The van der Waals surface area contributed by atoms with Crippen molar-refractivity contribution >= 4 is 26.5 Å². The Kier molecular flexibility index (Phi) is 7.72. The lowest BCUT2D eigenvalue weighted by molar-refractivity contribution is -0.140. The zero-order valence-electron chi connectivity index (χ0n) is 16.0. The molecule has 1 fully saturated rings. The minimum Gasteiger partial charge on any atom is -0.484 e. The van der Waals surface area contributed by atoms with Crippen LogP contribution in [-0.4, -0.2) is 50.6 Å². The molecule has 2 N–H and O–H groups in total. The first-order valence-corrected chi connectivity index (χ1v) is 11.5. The lowest BCUT2D eigenvalue weighted by Crippen LogP contribution is -2.51. The highest BCUT2D eigenvalue weighted by Gasteiger charge is 2.30. The fourth-order valence-corrected chi connectivity index (χ4v) is 4.80. The second-order valence-corrected chi connectivity index (χ2v) is 9.33. The maximum absolute atomic E-state index is 13.4. The maximum atomic E-state index is 13.4. The van der Waals surface area contributed by atoms with Crippen molar-refractivity contribution in [3.63, 3.8) is 0 Å². The van der Waals surface area contributed by atoms with Crippen molar-refractivity contribution in [2.45, 2.75) is 31.1 Å². The van der Waals surface area contributed by atoms with Crippen LogP contribution in [0.3, 0.4) is 0 Å². The van der Waals surface area contributed by atoms with Gasteiger partial charge in [0.15, 0.2) is 15.6 Å². The van der Waals surface area contributed by atoms with E-state index in [9.17, 15) is 22.4 Å². The van der Waals surface area contributed by atoms with Crippen molar-refractivity contribution in [1.82, 2.24) is 20.5 Å². The van der Waals surface area contributed by atoms with Gasteiger partial charge in [0.2, 0.25) is 11.8 Å². The molecule has 0 aliphatic carbocycles. The molecule has 14 heteroatoms. The normalized spacial score (nSPS) is 17.4. The molecule has 1 atom stereocenters. The van der Waals surface area contributed by atoms with E-state index in [-0.39, 0.29) is 41.3 Å². The number of nitrogens with one attached hydrogen (secondary N) is 2. The Morgan fingerprint density at radius 1 is 1.35 bits per heavy atom. The topological polar surface area (TPSA) is 98.5 Å². The Balaban J connectivity index is 1.38. The first-order chi connectivity index (χ1) is 14.7. The van der Waals surface area contributed by atoms with Crippen LogP contribution in [0.4, 0.5) is 17.6 Å². The molecule has 0 saturated carbocycles. The fraction of sp³-hybridized carbons (Fsp3) is 0.471. The molecule has 1 amide bonds. The summed E-state index contributed by atoms with van der Waals surface area (Å²) >= 11 is 5.59. The Morgan fingerprint density at radius 3 is 2.84 bits per heavy atom. The van der Waals surface area contributed by atoms with Gasteiger partial charge in [0.05, 0.1) is 17.5 Å². The monoisotopic (exact) mass is 481 g/mol. The van der Waals surface area contributed by atoms with E-state index in [1.165, 1.54) is 12.1 Å². The van der Waals surface area contributed by atoms with Gasteiger partial charge in [0.25, 0.3) is 0 Å². The van der Waals surface area contributed by atoms with Crippen LogP contribution >= 0.6 is 11.6 Å². The van der Waals surface area contributed by atoms with Gasteiger partial charge >= 0.3 is 12.3 Å². The third-order valence-corrected chi connectivity index (χ3v) is 6.67. The molecule has 3 rings (SSSR count). The molecule has 0 unspecified atom stereocenters. The summed E-state index contributed by atoms with van der Waals surface area (Å²) in [7, 11) is -1.26. The number of hydrogen-bond donors (Lipinski definition) is 2. The molecular formula is C17H18ClF4N4O4Si. The summed E-state index contributed by atoms with van der Waals surface area (Å²) in [6.45, 7) is -0.867. The van der Waals surface area contributed by atoms with Crippen LogP contribution in [0.5, 0.6) is 11.8 Å². The summed E-state index contributed by atoms with van der Waals surface area (Å²) in [6, 6.07) is 4.31. The summed E-state index contributed by atoms with van der Waals surface area (Å²) in [5.41, 5.74) is 0. The van der Waals surface area contributed by atoms with E-state index in [2.05, 4.69) is 20.5 Å². The number of aromatic nitrogens is 2. The smallest absolute Gasteiger partial charge is 0.414 e. The number of halogens is 5. The molecule has 31 heavy (non-hydrogen) atoms. The van der Waals surface area contributed by atoms with Gasteiger partial charge < -0.3 is 24.2 Å². The number of benzene rings is 1. The Morgan fingerprint density at radius 2 is 2.16 bits per heavy atom. The predicted octanol–water partition coefficient (Wildman–Crippen LogP) is 2.95. The van der Waals surface area contributed by atoms with Gasteiger partial charge in [-0.25, -0.2) is 4.39 Å². The summed E-state index contributed by atoms with van der Waals surface area (Å²) in [5.74, 6) is -0.560. The van der Waals surface area contributed by atoms with Crippen LogP contribution in [0.2, 0.25) is 11.1 Å². The molecule has 1 aliphatic heterocycles. The van der Waals surface area contributed by atoms with Crippen LogP contribution in [-0.2, 0) is 4.79 Å². The van der Waals surface area contributed by atoms with E-state index in [1.54, 1.807) is 0 Å². The highest BCUT2D eigenvalue weighted by molar-refractivity contribution is 6.59. The number of carbonyl (C=O) groups is 1. The Hall–Kier alpha value is -2.38. The zero-order valence-corrected chi connectivity index (χ0v) is 17.7. The molecule has 1 saturated heterocycles. The quantitative estimate of drug-likeness (QED) is 0.442. The Bertz CT molecular complexity index is 893. The van der Waals surface area contributed by atoms with Gasteiger partial charge in [-0.15, -0.1) is 5.10 Å². The molecule has 1 aliphatic rings. The first kappa shape index (κ1) is 23.3. The first-order valence-electron chi connectivity index (χ1n) is 9.18. The van der Waals surface area contributed by atoms with E-state index in [1.807, 2.05) is 0 Å². The standard InChI is InChI=1S/C17H18ClF4N4O4Si/c18-11-2-1-10(7-12(11)19)29-8-14(27)26-31-6-3-13(23-9-31)15-24-25-16(30-15)28-5-4-17(20,21)22/h1-2,7,13,23H,3-6,8-9H2,(H,26,27)/t13-/m1/s1. The largest absolute Gasteiger partial charge is 0.484 e. The molecule has 0 bridgehead atoms. The maximum Gasteiger partial charge on any atom is 0.414 e. The highest BCUT2D eigenvalue weighted by atomic mass is 35.5. The average molecular weight is 482 g/mol. The fourth-order valence-electron chi connectivity index (χ4n) is 2.70. The predicted molar refractivity (Wildman–Crippen MR) is 101 cm³/mol. The number of ether oxygens (including phenoxy) is 2. The lowest BCUT2D eigenvalue weighted by atomic mass is 10.2. The molecule has 1 aromatic carbocycles. The number of amides is 1. The number of nitrogens with zero attached hydrogens (tertiary/aromatic N) is 2. The van der Waals surface area contributed by atoms with E-state index in [0.717, 1.165) is 6.07 Å². The second-order valence-electron chi connectivity index (χ2n) is 6.61. The van der Waals surface area contributed by atoms with Crippen LogP contribution in [0.1, 0.15) is 24.8 Å². The van der Waals surface area contributed by atoms with E-state index < -0.39 is 34.0 Å². The molecule has 8 nitrogen and oxygen atoms in total. The average Bonchev–Trinajstić information content (AvgIpc) is 3.17. The molecular weight excluding hydrogens is 464 g/mol. The third kappa shape index (κ3) is 7.36. The molecule has 2 heterocycles. The zero-order chi connectivity index (χ0) is 22.4. The minimum absolute atomic E-state index is 0.0358. The van der Waals surface area contributed by atoms with Crippen LogP contribution in [0, 0.1) is 5.82 Å². The van der Waals surface area contributed by atoms with Gasteiger partial charge in [-0.2, -0.15) is 13.2 Å². The van der Waals surface area contributed by atoms with Crippen molar-refractivity contribution in [1.29, 1.82) is 0 Å². The minimum atomic E-state index is -4.33. The number of hydrogen-bond acceptors (Lipinski definition) is 7. The summed E-state index contributed by atoms with van der Waals surface area (Å²) < 4.78 is 65.1. The van der Waals surface area contributed by atoms with Crippen molar-refractivity contribution in [2.75, 3.05) is 19.4 Å².